The Morgan fingerprint density at radius 3 is 2.30 bits per heavy atom. The number of hydrogen-bond acceptors (Lipinski definition) is 5. The molecule has 108 valence electrons. The first-order valence-electron chi connectivity index (χ1n) is 6.94. The molecule has 0 N–H and O–H groups in total. The lowest BCUT2D eigenvalue weighted by Gasteiger charge is -2.32. The summed E-state index contributed by atoms with van der Waals surface area (Å²) in [5, 5.41) is 0. The average molecular weight is 277 g/mol. The van der Waals surface area contributed by atoms with Gasteiger partial charge in [-0.15, -0.1) is 0 Å². The van der Waals surface area contributed by atoms with Gasteiger partial charge >= 0.3 is 7.12 Å². The topological polar surface area (TPSA) is 49.8 Å². The molecule has 0 amide bonds. The van der Waals surface area contributed by atoms with Crippen LogP contribution < -0.4 is 5.59 Å². The molecule has 0 spiro atoms. The Balaban J connectivity index is 1.83. The summed E-state index contributed by atoms with van der Waals surface area (Å²) < 4.78 is 23.0. The standard InChI is InChI=1S/C14H20BNO4/c1-13(2)14(3,4)20-15(19-13)11-9-10(5-6-16-11)12-17-7-8-18-12/h5-6,9,12H,7-8H2,1-4H3. The fourth-order valence-corrected chi connectivity index (χ4v) is 2.26. The molecule has 0 atom stereocenters. The van der Waals surface area contributed by atoms with Crippen LogP contribution in [-0.4, -0.2) is 36.5 Å². The van der Waals surface area contributed by atoms with Gasteiger partial charge in [0.05, 0.1) is 30.0 Å². The summed E-state index contributed by atoms with van der Waals surface area (Å²) in [6, 6.07) is 3.82. The fraction of sp³-hybridized carbons (Fsp3) is 0.643. The maximum absolute atomic E-state index is 6.00. The molecule has 2 aliphatic heterocycles. The quantitative estimate of drug-likeness (QED) is 0.765. The van der Waals surface area contributed by atoms with Crippen molar-refractivity contribution in [1.82, 2.24) is 4.98 Å². The van der Waals surface area contributed by atoms with Crippen LogP contribution in [0.5, 0.6) is 0 Å². The van der Waals surface area contributed by atoms with Crippen molar-refractivity contribution >= 4 is 12.7 Å². The number of nitrogens with zero attached hydrogens (tertiary/aromatic N) is 1. The van der Waals surface area contributed by atoms with E-state index in [0.717, 1.165) is 11.2 Å². The molecule has 2 fully saturated rings. The summed E-state index contributed by atoms with van der Waals surface area (Å²) in [6.07, 6.45) is 1.43. The Hall–Kier alpha value is -0.945. The molecule has 0 radical (unpaired) electrons. The molecule has 6 heteroatoms. The van der Waals surface area contributed by atoms with Crippen LogP contribution >= 0.6 is 0 Å². The number of hydrogen-bond donors (Lipinski definition) is 0. The third kappa shape index (κ3) is 2.37. The van der Waals surface area contributed by atoms with Crippen molar-refractivity contribution < 1.29 is 18.8 Å². The van der Waals surface area contributed by atoms with Gasteiger partial charge in [-0.3, -0.25) is 4.98 Å². The van der Waals surface area contributed by atoms with Crippen molar-refractivity contribution in [2.45, 2.75) is 45.2 Å². The third-order valence-electron chi connectivity index (χ3n) is 4.19. The van der Waals surface area contributed by atoms with E-state index in [1.165, 1.54) is 0 Å². The Labute approximate surface area is 119 Å². The molecule has 0 unspecified atom stereocenters. The third-order valence-corrected chi connectivity index (χ3v) is 4.19. The zero-order valence-electron chi connectivity index (χ0n) is 12.4. The predicted molar refractivity (Wildman–Crippen MR) is 74.6 cm³/mol. The smallest absolute Gasteiger partial charge is 0.398 e. The average Bonchev–Trinajstić information content (AvgIpc) is 2.97. The number of rotatable bonds is 2. The van der Waals surface area contributed by atoms with E-state index < -0.39 is 7.12 Å². The van der Waals surface area contributed by atoms with Gasteiger partial charge in [-0.25, -0.2) is 0 Å². The van der Waals surface area contributed by atoms with Crippen LogP contribution in [0.25, 0.3) is 0 Å². The molecule has 0 bridgehead atoms. The summed E-state index contributed by atoms with van der Waals surface area (Å²) >= 11 is 0. The molecule has 3 heterocycles. The molecule has 3 rings (SSSR count). The van der Waals surface area contributed by atoms with Crippen molar-refractivity contribution in [3.8, 4) is 0 Å². The van der Waals surface area contributed by atoms with Crippen LogP contribution in [0, 0.1) is 0 Å². The fourth-order valence-electron chi connectivity index (χ4n) is 2.26. The van der Waals surface area contributed by atoms with E-state index in [4.69, 9.17) is 18.8 Å². The summed E-state index contributed by atoms with van der Waals surface area (Å²) in [4.78, 5) is 4.36. The van der Waals surface area contributed by atoms with Crippen LogP contribution in [0.1, 0.15) is 39.5 Å². The molecule has 2 aliphatic rings. The summed E-state index contributed by atoms with van der Waals surface area (Å²) in [5.74, 6) is 0. The van der Waals surface area contributed by atoms with E-state index >= 15 is 0 Å². The van der Waals surface area contributed by atoms with Crippen LogP contribution in [0.15, 0.2) is 18.3 Å². The van der Waals surface area contributed by atoms with Gasteiger partial charge in [-0.05, 0) is 39.8 Å². The van der Waals surface area contributed by atoms with Crippen molar-refractivity contribution in [3.05, 3.63) is 23.9 Å². The molecule has 1 aromatic heterocycles. The largest absolute Gasteiger partial charge is 0.514 e. The minimum Gasteiger partial charge on any atom is -0.398 e. The van der Waals surface area contributed by atoms with Gasteiger partial charge in [0.15, 0.2) is 6.29 Å². The lowest BCUT2D eigenvalue weighted by atomic mass is 9.83. The minimum absolute atomic E-state index is 0.306. The second-order valence-corrected chi connectivity index (χ2v) is 6.18. The Morgan fingerprint density at radius 1 is 1.10 bits per heavy atom. The zero-order valence-corrected chi connectivity index (χ0v) is 12.4. The highest BCUT2D eigenvalue weighted by atomic mass is 16.7. The number of aromatic nitrogens is 1. The van der Waals surface area contributed by atoms with Crippen LogP contribution in [0.3, 0.4) is 0 Å². The Kier molecular flexibility index (Phi) is 3.37. The molecule has 1 aromatic rings. The van der Waals surface area contributed by atoms with Gasteiger partial charge in [0, 0.05) is 11.8 Å². The SMILES string of the molecule is CC1(C)OB(c2cc(C3OCCO3)ccn2)OC1(C)C. The van der Waals surface area contributed by atoms with Gasteiger partial charge in [-0.2, -0.15) is 0 Å². The minimum atomic E-state index is -0.457. The van der Waals surface area contributed by atoms with E-state index in [0.29, 0.717) is 13.2 Å². The summed E-state index contributed by atoms with van der Waals surface area (Å²) in [6.45, 7) is 9.36. The molecule has 2 saturated heterocycles. The van der Waals surface area contributed by atoms with Crippen molar-refractivity contribution in [2.75, 3.05) is 13.2 Å². The lowest BCUT2D eigenvalue weighted by molar-refractivity contribution is -0.0441. The van der Waals surface area contributed by atoms with E-state index in [-0.39, 0.29) is 17.5 Å². The van der Waals surface area contributed by atoms with E-state index in [9.17, 15) is 0 Å². The summed E-state index contributed by atoms with van der Waals surface area (Å²) in [7, 11) is -0.457. The monoisotopic (exact) mass is 277 g/mol. The Bertz CT molecular complexity index is 484. The molecule has 0 aromatic carbocycles. The van der Waals surface area contributed by atoms with Crippen molar-refractivity contribution in [2.24, 2.45) is 0 Å². The zero-order chi connectivity index (χ0) is 14.4. The molecular weight excluding hydrogens is 257 g/mol. The van der Waals surface area contributed by atoms with Crippen LogP contribution in [0.2, 0.25) is 0 Å². The van der Waals surface area contributed by atoms with Gasteiger partial charge in [0.1, 0.15) is 0 Å². The van der Waals surface area contributed by atoms with Gasteiger partial charge in [0.2, 0.25) is 0 Å². The second-order valence-electron chi connectivity index (χ2n) is 6.18. The van der Waals surface area contributed by atoms with Gasteiger partial charge < -0.3 is 18.8 Å². The predicted octanol–water partition coefficient (Wildman–Crippen LogP) is 1.43. The van der Waals surface area contributed by atoms with Crippen molar-refractivity contribution in [1.29, 1.82) is 0 Å². The Morgan fingerprint density at radius 2 is 1.70 bits per heavy atom. The number of pyridine rings is 1. The highest BCUT2D eigenvalue weighted by Crippen LogP contribution is 2.36. The first-order valence-corrected chi connectivity index (χ1v) is 6.94. The second kappa shape index (κ2) is 4.81. The molecule has 5 nitrogen and oxygen atoms in total. The maximum Gasteiger partial charge on any atom is 0.514 e. The molecule has 0 saturated carbocycles. The van der Waals surface area contributed by atoms with Gasteiger partial charge in [-0.1, -0.05) is 0 Å². The molecule has 0 aliphatic carbocycles. The van der Waals surface area contributed by atoms with Crippen molar-refractivity contribution in [3.63, 3.8) is 0 Å². The maximum atomic E-state index is 6.00. The highest BCUT2D eigenvalue weighted by Gasteiger charge is 2.52. The first kappa shape index (κ1) is 14.0. The normalized spacial score (nSPS) is 25.3. The van der Waals surface area contributed by atoms with E-state index in [2.05, 4.69) is 4.98 Å². The van der Waals surface area contributed by atoms with Crippen LogP contribution in [-0.2, 0) is 18.8 Å². The van der Waals surface area contributed by atoms with Crippen LogP contribution in [0.4, 0.5) is 0 Å². The molecule has 20 heavy (non-hydrogen) atoms. The lowest BCUT2D eigenvalue weighted by Crippen LogP contribution is -2.41. The number of ether oxygens (including phenoxy) is 2. The molecular formula is C14H20BNO4. The van der Waals surface area contributed by atoms with E-state index in [1.807, 2.05) is 39.8 Å². The van der Waals surface area contributed by atoms with E-state index in [1.54, 1.807) is 6.20 Å². The first-order chi connectivity index (χ1) is 9.39. The van der Waals surface area contributed by atoms with Gasteiger partial charge in [0.25, 0.3) is 0 Å². The highest BCUT2D eigenvalue weighted by molar-refractivity contribution is 6.61. The summed E-state index contributed by atoms with van der Waals surface area (Å²) in [5.41, 5.74) is 0.966.